The molecule has 1 N–H and O–H groups in total. The molecule has 0 spiro atoms. The maximum absolute atomic E-state index is 11.8. The van der Waals surface area contributed by atoms with Gasteiger partial charge in [0, 0.05) is 19.0 Å². The van der Waals surface area contributed by atoms with Crippen molar-refractivity contribution in [1.29, 1.82) is 0 Å². The first kappa shape index (κ1) is 25.4. The van der Waals surface area contributed by atoms with Gasteiger partial charge in [-0.25, -0.2) is 0 Å². The Balaban J connectivity index is 0.00000676. The third-order valence-corrected chi connectivity index (χ3v) is 4.32. The van der Waals surface area contributed by atoms with Crippen LogP contribution in [0, 0.1) is 0 Å². The Labute approximate surface area is 170 Å². The second-order valence-electron chi connectivity index (χ2n) is 6.69. The largest absolute Gasteiger partial charge is 1.00 e. The van der Waals surface area contributed by atoms with Crippen LogP contribution in [0.1, 0.15) is 88.4 Å². The fourth-order valence-corrected chi connectivity index (χ4v) is 2.80. The van der Waals surface area contributed by atoms with Crippen LogP contribution >= 0.6 is 0 Å². The van der Waals surface area contributed by atoms with E-state index in [2.05, 4.69) is 12.2 Å². The van der Waals surface area contributed by atoms with E-state index < -0.39 is 0 Å². The number of nitrogens with one attached hydrogen (secondary N) is 1. The number of nitrogens with zero attached hydrogens (tertiary/aromatic N) is 1. The van der Waals surface area contributed by atoms with Crippen molar-refractivity contribution in [2.24, 2.45) is 0 Å². The first-order valence-electron chi connectivity index (χ1n) is 10.1. The highest BCUT2D eigenvalue weighted by Gasteiger charge is 2.11. The van der Waals surface area contributed by atoms with Crippen LogP contribution in [0.4, 0.5) is 0 Å². The van der Waals surface area contributed by atoms with Crippen molar-refractivity contribution < 1.29 is 31.3 Å². The van der Waals surface area contributed by atoms with Gasteiger partial charge in [0.25, 0.3) is 12.6 Å². The number of hydrogen-bond donors (Lipinski definition) is 1. The van der Waals surface area contributed by atoms with Gasteiger partial charge in [-0.2, -0.15) is 4.57 Å². The zero-order valence-electron chi connectivity index (χ0n) is 16.8. The van der Waals surface area contributed by atoms with Gasteiger partial charge in [-0.05, 0) is 19.4 Å². The molecular weight excluding hydrogens is 364 g/mol. The van der Waals surface area contributed by atoms with Crippen LogP contribution < -0.4 is 22.3 Å². The van der Waals surface area contributed by atoms with Gasteiger partial charge < -0.3 is 22.5 Å². The van der Waals surface area contributed by atoms with Gasteiger partial charge >= 0.3 is 5.97 Å². The number of unbranched alkanes of at least 4 members (excludes halogenated alkanes) is 8. The average molecular weight is 399 g/mol. The minimum Gasteiger partial charge on any atom is -1.00 e. The Bertz CT molecular complexity index is 538. The van der Waals surface area contributed by atoms with Crippen LogP contribution in [-0.4, -0.2) is 18.4 Å². The van der Waals surface area contributed by atoms with Crippen molar-refractivity contribution in [3.05, 3.63) is 30.1 Å². The summed E-state index contributed by atoms with van der Waals surface area (Å²) >= 11 is 0. The Morgan fingerprint density at radius 2 is 1.63 bits per heavy atom. The molecule has 0 saturated heterocycles. The number of aromatic nitrogens is 1. The fourth-order valence-electron chi connectivity index (χ4n) is 2.80. The number of carbonyl (C=O) groups is 2. The van der Waals surface area contributed by atoms with E-state index in [0.29, 0.717) is 18.5 Å². The first-order valence-corrected chi connectivity index (χ1v) is 10.1. The lowest BCUT2D eigenvalue weighted by Crippen LogP contribution is -3.00. The van der Waals surface area contributed by atoms with Gasteiger partial charge in [-0.3, -0.25) is 9.59 Å². The topological polar surface area (TPSA) is 59.3 Å². The summed E-state index contributed by atoms with van der Waals surface area (Å²) in [5.74, 6) is -0.299. The highest BCUT2D eigenvalue weighted by Crippen LogP contribution is 2.10. The van der Waals surface area contributed by atoms with Gasteiger partial charge in [-0.1, -0.05) is 58.3 Å². The number of halogens is 1. The van der Waals surface area contributed by atoms with E-state index in [9.17, 15) is 9.59 Å². The number of rotatable bonds is 14. The highest BCUT2D eigenvalue weighted by molar-refractivity contribution is 5.93. The maximum Gasteiger partial charge on any atom is 0.310 e. The van der Waals surface area contributed by atoms with Gasteiger partial charge in [0.15, 0.2) is 12.4 Å². The summed E-state index contributed by atoms with van der Waals surface area (Å²) in [6.45, 7) is 4.84. The molecule has 5 nitrogen and oxygen atoms in total. The van der Waals surface area contributed by atoms with Crippen molar-refractivity contribution >= 4 is 11.9 Å². The van der Waals surface area contributed by atoms with Crippen molar-refractivity contribution in [3.8, 4) is 0 Å². The summed E-state index contributed by atoms with van der Waals surface area (Å²) in [5.41, 5.74) is 0.560. The first-order chi connectivity index (χ1) is 12.7. The van der Waals surface area contributed by atoms with Crippen LogP contribution in [-0.2, 0) is 16.3 Å². The molecule has 0 atom stereocenters. The number of hydrogen-bond acceptors (Lipinski definition) is 3. The lowest BCUT2D eigenvalue weighted by molar-refractivity contribution is -0.727. The SMILES string of the molecule is CCCCCCCCCCCC(=O)OC[n+]1cccc(C(=O)NCC)c1.[Cl-]. The van der Waals surface area contributed by atoms with E-state index in [1.54, 1.807) is 29.1 Å². The molecule has 0 fully saturated rings. The van der Waals surface area contributed by atoms with Crippen molar-refractivity contribution in [3.63, 3.8) is 0 Å². The quantitative estimate of drug-likeness (QED) is 0.290. The second kappa shape index (κ2) is 16.5. The van der Waals surface area contributed by atoms with E-state index in [1.807, 2.05) is 6.92 Å². The van der Waals surface area contributed by atoms with Crippen LogP contribution in [0.25, 0.3) is 0 Å². The van der Waals surface area contributed by atoms with Gasteiger partial charge in [0.1, 0.15) is 5.56 Å². The Morgan fingerprint density at radius 1 is 1.00 bits per heavy atom. The summed E-state index contributed by atoms with van der Waals surface area (Å²) in [7, 11) is 0. The smallest absolute Gasteiger partial charge is 0.310 e. The highest BCUT2D eigenvalue weighted by atomic mass is 35.5. The third-order valence-electron chi connectivity index (χ3n) is 4.32. The number of pyridine rings is 1. The number of amides is 1. The molecule has 154 valence electrons. The zero-order chi connectivity index (χ0) is 19.0. The van der Waals surface area contributed by atoms with E-state index in [1.165, 1.54) is 44.9 Å². The summed E-state index contributed by atoms with van der Waals surface area (Å²) in [4.78, 5) is 23.6. The lowest BCUT2D eigenvalue weighted by atomic mass is 10.1. The molecule has 0 aliphatic carbocycles. The molecule has 1 amide bonds. The molecule has 1 aromatic rings. The van der Waals surface area contributed by atoms with Crippen molar-refractivity contribution in [2.75, 3.05) is 6.54 Å². The molecule has 0 saturated carbocycles. The molecule has 0 radical (unpaired) electrons. The molecule has 0 bridgehead atoms. The Morgan fingerprint density at radius 3 is 2.26 bits per heavy atom. The molecule has 6 heteroatoms. The normalized spacial score (nSPS) is 10.1. The molecule has 0 aliphatic rings. The van der Waals surface area contributed by atoms with Gasteiger partial charge in [0.2, 0.25) is 0 Å². The molecule has 0 unspecified atom stereocenters. The van der Waals surface area contributed by atoms with E-state index in [4.69, 9.17) is 4.74 Å². The minimum atomic E-state index is -0.177. The maximum atomic E-state index is 11.8. The van der Waals surface area contributed by atoms with Crippen molar-refractivity contribution in [1.82, 2.24) is 5.32 Å². The Kier molecular flexibility index (Phi) is 15.6. The number of esters is 1. The second-order valence-corrected chi connectivity index (χ2v) is 6.69. The molecule has 1 heterocycles. The van der Waals surface area contributed by atoms with Gasteiger partial charge in [0.05, 0.1) is 0 Å². The standard InChI is InChI=1S/C21H34N2O3.ClH/c1-3-5-6-7-8-9-10-11-12-15-20(24)26-18-23-16-13-14-19(17-23)21(25)22-4-2;/h13-14,16-17H,3-12,15,18H2,1-2H3;1H. The monoisotopic (exact) mass is 398 g/mol. The summed E-state index contributed by atoms with van der Waals surface area (Å²) in [6, 6.07) is 3.52. The fraction of sp³-hybridized carbons (Fsp3) is 0.667. The Hall–Kier alpha value is -1.62. The molecule has 27 heavy (non-hydrogen) atoms. The predicted octanol–water partition coefficient (Wildman–Crippen LogP) is 1.15. The molecule has 1 rings (SSSR count). The lowest BCUT2D eigenvalue weighted by Gasteiger charge is -2.04. The van der Waals surface area contributed by atoms with Crippen LogP contribution in [0.3, 0.4) is 0 Å². The average Bonchev–Trinajstić information content (AvgIpc) is 2.65. The summed E-state index contributed by atoms with van der Waals surface area (Å²) in [6.07, 6.45) is 15.0. The van der Waals surface area contributed by atoms with Crippen LogP contribution in [0.15, 0.2) is 24.5 Å². The molecule has 0 aromatic carbocycles. The number of carbonyl (C=O) groups excluding carboxylic acids is 2. The number of ether oxygens (including phenoxy) is 1. The van der Waals surface area contributed by atoms with Crippen LogP contribution in [0.2, 0.25) is 0 Å². The van der Waals surface area contributed by atoms with E-state index >= 15 is 0 Å². The summed E-state index contributed by atoms with van der Waals surface area (Å²) < 4.78 is 6.99. The van der Waals surface area contributed by atoms with Gasteiger partial charge in [-0.15, -0.1) is 0 Å². The summed E-state index contributed by atoms with van der Waals surface area (Å²) in [5, 5.41) is 2.75. The van der Waals surface area contributed by atoms with Crippen molar-refractivity contribution in [2.45, 2.75) is 84.8 Å². The molecule has 0 aliphatic heterocycles. The van der Waals surface area contributed by atoms with E-state index in [-0.39, 0.29) is 31.0 Å². The molecular formula is C21H35ClN2O3. The van der Waals surface area contributed by atoms with E-state index in [0.717, 1.165) is 12.8 Å². The predicted molar refractivity (Wildman–Crippen MR) is 103 cm³/mol. The zero-order valence-corrected chi connectivity index (χ0v) is 17.6. The molecule has 1 aromatic heterocycles. The minimum absolute atomic E-state index is 0. The van der Waals surface area contributed by atoms with Crippen LogP contribution in [0.5, 0.6) is 0 Å². The third kappa shape index (κ3) is 12.4.